The van der Waals surface area contributed by atoms with E-state index in [4.69, 9.17) is 0 Å². The van der Waals surface area contributed by atoms with Crippen molar-refractivity contribution in [3.63, 3.8) is 0 Å². The molecule has 0 bridgehead atoms. The number of rotatable bonds is 5. The lowest BCUT2D eigenvalue weighted by Gasteiger charge is -2.14. The van der Waals surface area contributed by atoms with Crippen LogP contribution in [0.4, 0.5) is 5.69 Å². The van der Waals surface area contributed by atoms with E-state index in [0.717, 1.165) is 11.4 Å². The van der Waals surface area contributed by atoms with Crippen LogP contribution in [0.3, 0.4) is 0 Å². The van der Waals surface area contributed by atoms with Gasteiger partial charge in [0.1, 0.15) is 6.54 Å². The van der Waals surface area contributed by atoms with Crippen LogP contribution in [0.2, 0.25) is 0 Å². The fourth-order valence-corrected chi connectivity index (χ4v) is 3.33. The molecule has 0 N–H and O–H groups in total. The normalized spacial score (nSPS) is 17.1. The molecule has 2 rings (SSSR count). The maximum absolute atomic E-state index is 10.7. The van der Waals surface area contributed by atoms with Gasteiger partial charge in [-0.2, -0.15) is 4.58 Å². The second kappa shape index (κ2) is 5.14. The van der Waals surface area contributed by atoms with Crippen molar-refractivity contribution in [3.05, 3.63) is 42.5 Å². The van der Waals surface area contributed by atoms with E-state index < -0.39 is 10.1 Å². The summed E-state index contributed by atoms with van der Waals surface area (Å²) in [6.07, 6.45) is 2.12. The van der Waals surface area contributed by atoms with Crippen LogP contribution in [0.25, 0.3) is 0 Å². The van der Waals surface area contributed by atoms with Crippen molar-refractivity contribution in [2.75, 3.05) is 12.3 Å². The minimum atomic E-state index is -4.16. The van der Waals surface area contributed by atoms with E-state index in [2.05, 4.69) is 31.1 Å². The van der Waals surface area contributed by atoms with Crippen LogP contribution in [-0.4, -0.2) is 35.6 Å². The fourth-order valence-electron chi connectivity index (χ4n) is 2.85. The molecule has 1 aromatic carbocycles. The van der Waals surface area contributed by atoms with Crippen molar-refractivity contribution in [2.24, 2.45) is 0 Å². The Bertz CT molecular complexity index is 672. The number of nitrogens with zero attached hydrogens (tertiary/aromatic N) is 1. The molecule has 0 fully saturated rings. The van der Waals surface area contributed by atoms with E-state index in [-0.39, 0.29) is 11.2 Å². The first-order valence-electron chi connectivity index (χ1n) is 6.58. The molecule has 108 valence electrons. The van der Waals surface area contributed by atoms with E-state index in [1.807, 2.05) is 24.3 Å². The molecule has 1 heterocycles. The molecule has 1 aromatic rings. The first-order chi connectivity index (χ1) is 9.27. The highest BCUT2D eigenvalue weighted by Gasteiger charge is 2.43. The highest BCUT2D eigenvalue weighted by atomic mass is 32.2. The standard InChI is InChI=1S/C15H19NO3S/c1-4-14-15(2,3)12-8-5-6-9-13(12)16(14)10-7-11-20(17,18)19/h4-6,8-9H,1,7,10-11H2,2-3H3. The summed E-state index contributed by atoms with van der Waals surface area (Å²) < 4.78 is 34.2. The molecule has 0 unspecified atom stereocenters. The Morgan fingerprint density at radius 2 is 2.00 bits per heavy atom. The monoisotopic (exact) mass is 293 g/mol. The van der Waals surface area contributed by atoms with E-state index in [0.29, 0.717) is 13.0 Å². The van der Waals surface area contributed by atoms with Gasteiger partial charge in [-0.05, 0) is 19.9 Å². The van der Waals surface area contributed by atoms with Gasteiger partial charge in [-0.15, -0.1) is 0 Å². The molecule has 0 amide bonds. The van der Waals surface area contributed by atoms with Gasteiger partial charge in [0.15, 0.2) is 5.71 Å². The SMILES string of the molecule is C=CC1=[N+](CCCS(=O)(=O)[O-])c2ccccc2C1(C)C. The van der Waals surface area contributed by atoms with Crippen molar-refractivity contribution in [3.8, 4) is 0 Å². The predicted molar refractivity (Wildman–Crippen MR) is 78.6 cm³/mol. The zero-order valence-electron chi connectivity index (χ0n) is 11.8. The van der Waals surface area contributed by atoms with E-state index in [9.17, 15) is 13.0 Å². The Hall–Kier alpha value is -1.46. The number of para-hydroxylation sites is 1. The van der Waals surface area contributed by atoms with Gasteiger partial charge < -0.3 is 4.55 Å². The first-order valence-corrected chi connectivity index (χ1v) is 8.15. The van der Waals surface area contributed by atoms with Gasteiger partial charge in [-0.1, -0.05) is 24.8 Å². The molecule has 0 saturated heterocycles. The third-order valence-corrected chi connectivity index (χ3v) is 4.56. The summed E-state index contributed by atoms with van der Waals surface area (Å²) in [6, 6.07) is 8.04. The van der Waals surface area contributed by atoms with Crippen molar-refractivity contribution in [1.82, 2.24) is 0 Å². The maximum Gasteiger partial charge on any atom is 0.209 e. The van der Waals surface area contributed by atoms with Crippen LogP contribution < -0.4 is 0 Å². The number of hydrogen-bond acceptors (Lipinski definition) is 3. The number of allylic oxidation sites excluding steroid dienone is 1. The second-order valence-electron chi connectivity index (χ2n) is 5.50. The van der Waals surface area contributed by atoms with E-state index in [1.165, 1.54) is 5.56 Å². The van der Waals surface area contributed by atoms with Crippen molar-refractivity contribution in [1.29, 1.82) is 0 Å². The van der Waals surface area contributed by atoms with Crippen molar-refractivity contribution < 1.29 is 17.5 Å². The van der Waals surface area contributed by atoms with E-state index >= 15 is 0 Å². The molecule has 1 aliphatic heterocycles. The fraction of sp³-hybridized carbons (Fsp3) is 0.400. The highest BCUT2D eigenvalue weighted by molar-refractivity contribution is 7.85. The number of hydrogen-bond donors (Lipinski definition) is 0. The molecule has 0 radical (unpaired) electrons. The maximum atomic E-state index is 10.7. The lowest BCUT2D eigenvalue weighted by atomic mass is 9.82. The molecule has 0 aromatic heterocycles. The molecule has 0 spiro atoms. The molecule has 0 saturated carbocycles. The Morgan fingerprint density at radius 3 is 2.60 bits per heavy atom. The number of fused-ring (bicyclic) bond motifs is 1. The van der Waals surface area contributed by atoms with Crippen LogP contribution in [0.5, 0.6) is 0 Å². The molecular weight excluding hydrogens is 274 g/mol. The molecular formula is C15H19NO3S. The summed E-state index contributed by atoms with van der Waals surface area (Å²) in [5.74, 6) is -0.337. The molecule has 5 heteroatoms. The first kappa shape index (κ1) is 14.9. The smallest absolute Gasteiger partial charge is 0.209 e. The Kier molecular flexibility index (Phi) is 3.84. The Balaban J connectivity index is 2.36. The van der Waals surface area contributed by atoms with Crippen LogP contribution in [0.15, 0.2) is 36.9 Å². The van der Waals surface area contributed by atoms with Crippen LogP contribution in [0.1, 0.15) is 25.8 Å². The minimum absolute atomic E-state index is 0.158. The molecule has 4 nitrogen and oxygen atoms in total. The van der Waals surface area contributed by atoms with Gasteiger partial charge in [0.2, 0.25) is 5.69 Å². The van der Waals surface area contributed by atoms with Crippen molar-refractivity contribution >= 4 is 21.5 Å². The van der Waals surface area contributed by atoms with E-state index in [1.54, 1.807) is 0 Å². The Morgan fingerprint density at radius 1 is 1.35 bits per heavy atom. The van der Waals surface area contributed by atoms with Crippen LogP contribution in [-0.2, 0) is 15.5 Å². The minimum Gasteiger partial charge on any atom is -0.748 e. The topological polar surface area (TPSA) is 60.2 Å². The van der Waals surface area contributed by atoms with Crippen LogP contribution >= 0.6 is 0 Å². The number of benzene rings is 1. The van der Waals surface area contributed by atoms with Gasteiger partial charge in [0, 0.05) is 23.8 Å². The summed E-state index contributed by atoms with van der Waals surface area (Å²) in [4.78, 5) is 0. The van der Waals surface area contributed by atoms with Gasteiger partial charge in [-0.25, -0.2) is 8.42 Å². The predicted octanol–water partition coefficient (Wildman–Crippen LogP) is 2.18. The molecule has 0 atom stereocenters. The zero-order valence-corrected chi connectivity index (χ0v) is 12.6. The molecule has 0 aliphatic carbocycles. The van der Waals surface area contributed by atoms with Crippen LogP contribution in [0, 0.1) is 0 Å². The van der Waals surface area contributed by atoms with Crippen molar-refractivity contribution in [2.45, 2.75) is 25.7 Å². The lowest BCUT2D eigenvalue weighted by Crippen LogP contribution is -2.28. The average Bonchev–Trinajstić information content (AvgIpc) is 2.57. The van der Waals surface area contributed by atoms with Gasteiger partial charge >= 0.3 is 0 Å². The summed E-state index contributed by atoms with van der Waals surface area (Å²) >= 11 is 0. The summed E-state index contributed by atoms with van der Waals surface area (Å²) in [5.41, 5.74) is 3.15. The summed E-state index contributed by atoms with van der Waals surface area (Å²) in [7, 11) is -4.16. The van der Waals surface area contributed by atoms with Gasteiger partial charge in [0.05, 0.1) is 15.5 Å². The lowest BCUT2D eigenvalue weighted by molar-refractivity contribution is -0.437. The quantitative estimate of drug-likeness (QED) is 0.617. The average molecular weight is 293 g/mol. The summed E-state index contributed by atoms with van der Waals surface area (Å²) in [5, 5.41) is 0. The summed E-state index contributed by atoms with van der Waals surface area (Å²) in [6.45, 7) is 8.61. The van der Waals surface area contributed by atoms with Gasteiger partial charge in [0.25, 0.3) is 0 Å². The second-order valence-corrected chi connectivity index (χ2v) is 7.02. The third kappa shape index (κ3) is 2.69. The molecule has 20 heavy (non-hydrogen) atoms. The zero-order chi connectivity index (χ0) is 15.0. The van der Waals surface area contributed by atoms with Gasteiger partial charge in [-0.3, -0.25) is 0 Å². The molecule has 1 aliphatic rings. The largest absolute Gasteiger partial charge is 0.748 e. The highest BCUT2D eigenvalue weighted by Crippen LogP contribution is 2.39. The Labute approximate surface area is 120 Å². The third-order valence-electron chi connectivity index (χ3n) is 3.77.